The van der Waals surface area contributed by atoms with Gasteiger partial charge >= 0.3 is 11.9 Å². The molecule has 2 aromatic rings. The molecule has 3 rings (SSSR count). The van der Waals surface area contributed by atoms with Crippen LogP contribution in [0.3, 0.4) is 0 Å². The second-order valence-corrected chi connectivity index (χ2v) is 6.12. The van der Waals surface area contributed by atoms with Gasteiger partial charge in [0.25, 0.3) is 0 Å². The van der Waals surface area contributed by atoms with Gasteiger partial charge in [0.15, 0.2) is 11.5 Å². The highest BCUT2D eigenvalue weighted by atomic mass is 16.6. The minimum Gasteiger partial charge on any atom is -0.504 e. The molecule has 8 heteroatoms. The summed E-state index contributed by atoms with van der Waals surface area (Å²) in [6.07, 6.45) is 1.16. The number of aliphatic hydroxyl groups is 1. The Kier molecular flexibility index (Phi) is 5.93. The number of hydrogen-bond donors (Lipinski definition) is 4. The molecule has 1 aliphatic heterocycles. The third kappa shape index (κ3) is 4.48. The summed E-state index contributed by atoms with van der Waals surface area (Å²) in [6.45, 7) is 0.651. The molecule has 28 heavy (non-hydrogen) atoms. The minimum absolute atomic E-state index is 0.0225. The van der Waals surface area contributed by atoms with Gasteiger partial charge in [0.2, 0.25) is 11.5 Å². The summed E-state index contributed by atoms with van der Waals surface area (Å²) in [5.74, 6) is -4.15. The number of aliphatic hydroxyl groups excluding tert-OH is 1. The summed E-state index contributed by atoms with van der Waals surface area (Å²) in [7, 11) is 0. The van der Waals surface area contributed by atoms with Gasteiger partial charge in [0, 0.05) is 24.3 Å². The van der Waals surface area contributed by atoms with Crippen LogP contribution in [-0.4, -0.2) is 40.3 Å². The van der Waals surface area contributed by atoms with Crippen molar-refractivity contribution in [3.8, 4) is 23.0 Å². The van der Waals surface area contributed by atoms with E-state index in [4.69, 9.17) is 9.47 Å². The van der Waals surface area contributed by atoms with Crippen molar-refractivity contribution >= 4 is 11.9 Å². The Hall–Kier alpha value is -3.36. The lowest BCUT2D eigenvalue weighted by Crippen LogP contribution is -2.24. The van der Waals surface area contributed by atoms with Crippen LogP contribution < -0.4 is 14.8 Å². The molecule has 2 aromatic carbocycles. The number of benzene rings is 2. The van der Waals surface area contributed by atoms with E-state index in [9.17, 15) is 24.9 Å². The molecule has 1 atom stereocenters. The number of hydrogen-bond acceptors (Lipinski definition) is 8. The Balaban J connectivity index is 1.75. The lowest BCUT2D eigenvalue weighted by atomic mass is 10.1. The summed E-state index contributed by atoms with van der Waals surface area (Å²) in [4.78, 5) is 23.3. The number of carbonyl (C=O) groups is 2. The molecule has 146 valence electrons. The van der Waals surface area contributed by atoms with E-state index in [-0.39, 0.29) is 17.9 Å². The molecule has 0 saturated carbocycles. The average Bonchev–Trinajstić information content (AvgIpc) is 2.72. The first-order valence-corrected chi connectivity index (χ1v) is 8.59. The van der Waals surface area contributed by atoms with E-state index in [1.165, 1.54) is 0 Å². The number of nitrogens with one attached hydrogen (secondary N) is 1. The van der Waals surface area contributed by atoms with Crippen molar-refractivity contribution in [2.75, 3.05) is 13.1 Å². The van der Waals surface area contributed by atoms with Crippen molar-refractivity contribution in [1.82, 2.24) is 5.32 Å². The van der Waals surface area contributed by atoms with Crippen LogP contribution in [0.1, 0.15) is 17.2 Å². The van der Waals surface area contributed by atoms with Crippen molar-refractivity contribution in [3.63, 3.8) is 0 Å². The molecule has 0 radical (unpaired) electrons. The van der Waals surface area contributed by atoms with Crippen molar-refractivity contribution in [1.29, 1.82) is 0 Å². The number of ether oxygens (including phenoxy) is 2. The van der Waals surface area contributed by atoms with Gasteiger partial charge in [-0.15, -0.1) is 0 Å². The molecule has 0 fully saturated rings. The molecule has 4 N–H and O–H groups in total. The van der Waals surface area contributed by atoms with Crippen molar-refractivity contribution in [2.45, 2.75) is 12.5 Å². The van der Waals surface area contributed by atoms with Crippen molar-refractivity contribution < 1.29 is 34.4 Å². The van der Waals surface area contributed by atoms with Gasteiger partial charge in [-0.1, -0.05) is 30.3 Å². The number of fused-ring (bicyclic) bond motifs is 2. The molecule has 8 nitrogen and oxygen atoms in total. The number of rotatable bonds is 6. The van der Waals surface area contributed by atoms with E-state index in [2.05, 4.69) is 5.32 Å². The minimum atomic E-state index is -1.20. The molecule has 2 bridgehead atoms. The molecule has 0 aliphatic carbocycles. The highest BCUT2D eigenvalue weighted by molar-refractivity contribution is 5.95. The molecule has 0 aromatic heterocycles. The van der Waals surface area contributed by atoms with E-state index >= 15 is 0 Å². The van der Waals surface area contributed by atoms with Gasteiger partial charge in [-0.25, -0.2) is 9.59 Å². The normalized spacial score (nSPS) is 15.6. The number of esters is 2. The Morgan fingerprint density at radius 1 is 0.964 bits per heavy atom. The molecule has 0 amide bonds. The largest absolute Gasteiger partial charge is 0.504 e. The van der Waals surface area contributed by atoms with Gasteiger partial charge in [0.1, 0.15) is 0 Å². The van der Waals surface area contributed by atoms with Gasteiger partial charge in [-0.2, -0.15) is 0 Å². The fraction of sp³-hybridized carbons (Fsp3) is 0.200. The van der Waals surface area contributed by atoms with Crippen LogP contribution >= 0.6 is 0 Å². The molecule has 1 aliphatic rings. The lowest BCUT2D eigenvalue weighted by molar-refractivity contribution is -0.131. The van der Waals surface area contributed by atoms with E-state index in [0.29, 0.717) is 6.54 Å². The fourth-order valence-corrected chi connectivity index (χ4v) is 2.73. The standard InChI is InChI=1S/C20H19NO7/c22-14-10-13(15(23)11-21-9-8-12-4-2-1-3-5-12)19-18(26)20(14)28-17(25)7-6-16(24)27-19/h1-7,10,15,21-23,26H,8-9,11H2/b7-6+/t15-/m0/s1. The smallest absolute Gasteiger partial charge is 0.336 e. The Morgan fingerprint density at radius 3 is 2.29 bits per heavy atom. The van der Waals surface area contributed by atoms with Crippen LogP contribution in [-0.2, 0) is 16.0 Å². The predicted molar refractivity (Wildman–Crippen MR) is 98.2 cm³/mol. The van der Waals surface area contributed by atoms with Crippen LogP contribution in [0.5, 0.6) is 23.0 Å². The predicted octanol–water partition coefficient (Wildman–Crippen LogP) is 1.34. The van der Waals surface area contributed by atoms with Crippen LogP contribution in [0.25, 0.3) is 0 Å². The number of phenols is 2. The van der Waals surface area contributed by atoms with Gasteiger partial charge in [-0.05, 0) is 24.6 Å². The Bertz CT molecular complexity index is 909. The van der Waals surface area contributed by atoms with Crippen molar-refractivity contribution in [3.05, 3.63) is 59.7 Å². The summed E-state index contributed by atoms with van der Waals surface area (Å²) < 4.78 is 9.84. The second kappa shape index (κ2) is 8.55. The van der Waals surface area contributed by atoms with Crippen LogP contribution in [0, 0.1) is 0 Å². The van der Waals surface area contributed by atoms with Gasteiger partial charge < -0.3 is 30.1 Å². The maximum atomic E-state index is 11.8. The summed E-state index contributed by atoms with van der Waals surface area (Å²) in [6, 6.07) is 10.9. The van der Waals surface area contributed by atoms with Crippen LogP contribution in [0.2, 0.25) is 0 Å². The van der Waals surface area contributed by atoms with Gasteiger partial charge in [-0.3, -0.25) is 0 Å². The van der Waals surface area contributed by atoms with E-state index in [0.717, 1.165) is 30.2 Å². The molecular formula is C20H19NO7. The zero-order valence-corrected chi connectivity index (χ0v) is 14.8. The van der Waals surface area contributed by atoms with Gasteiger partial charge in [0.05, 0.1) is 6.10 Å². The SMILES string of the molecule is O=C1/C=C/C(=O)Oc2c([C@@H](O)CNCCc3ccccc3)cc(O)c(c2O)O1. The second-order valence-electron chi connectivity index (χ2n) is 6.12. The number of phenolic OH excluding ortho intramolecular Hbond substituents is 2. The maximum absolute atomic E-state index is 11.8. The molecular weight excluding hydrogens is 366 g/mol. The Morgan fingerprint density at radius 2 is 1.61 bits per heavy atom. The fourth-order valence-electron chi connectivity index (χ4n) is 2.73. The van der Waals surface area contributed by atoms with Crippen LogP contribution in [0.15, 0.2) is 48.6 Å². The zero-order chi connectivity index (χ0) is 20.1. The van der Waals surface area contributed by atoms with E-state index in [1.807, 2.05) is 30.3 Å². The number of aromatic hydroxyl groups is 2. The highest BCUT2D eigenvalue weighted by Crippen LogP contribution is 2.47. The molecule has 0 saturated heterocycles. The average molecular weight is 385 g/mol. The molecule has 0 spiro atoms. The quantitative estimate of drug-likeness (QED) is 0.334. The zero-order valence-electron chi connectivity index (χ0n) is 14.8. The first kappa shape index (κ1) is 19.4. The molecule has 0 unspecified atom stereocenters. The summed E-state index contributed by atoms with van der Waals surface area (Å²) in [5.41, 5.74) is 1.11. The third-order valence-corrected chi connectivity index (χ3v) is 4.11. The summed E-state index contributed by atoms with van der Waals surface area (Å²) in [5, 5.41) is 33.9. The number of carbonyl (C=O) groups excluding carboxylic acids is 2. The van der Waals surface area contributed by atoms with Crippen molar-refractivity contribution in [2.24, 2.45) is 0 Å². The topological polar surface area (TPSA) is 125 Å². The third-order valence-electron chi connectivity index (χ3n) is 4.11. The van der Waals surface area contributed by atoms with Crippen LogP contribution in [0.4, 0.5) is 0 Å². The first-order chi connectivity index (χ1) is 13.5. The monoisotopic (exact) mass is 385 g/mol. The summed E-state index contributed by atoms with van der Waals surface area (Å²) >= 11 is 0. The van der Waals surface area contributed by atoms with E-state index < -0.39 is 35.3 Å². The maximum Gasteiger partial charge on any atom is 0.336 e. The lowest BCUT2D eigenvalue weighted by Gasteiger charge is -2.18. The van der Waals surface area contributed by atoms with E-state index in [1.54, 1.807) is 0 Å². The first-order valence-electron chi connectivity index (χ1n) is 8.59. The molecule has 1 heterocycles. The highest BCUT2D eigenvalue weighted by Gasteiger charge is 2.27. The Labute approximate surface area is 160 Å².